The minimum Gasteiger partial charge on any atom is -0.387 e. The summed E-state index contributed by atoms with van der Waals surface area (Å²) in [6, 6.07) is 17.0. The smallest absolute Gasteiger partial charge is 0.238 e. The van der Waals surface area contributed by atoms with Gasteiger partial charge >= 0.3 is 0 Å². The van der Waals surface area contributed by atoms with Gasteiger partial charge in [-0.05, 0) is 30.2 Å². The van der Waals surface area contributed by atoms with Crippen LogP contribution in [0.5, 0.6) is 0 Å². The van der Waals surface area contributed by atoms with Crippen LogP contribution in [-0.4, -0.2) is 24.1 Å². The summed E-state index contributed by atoms with van der Waals surface area (Å²) in [4.78, 5) is 11.8. The Morgan fingerprint density at radius 2 is 1.90 bits per heavy atom. The Bertz CT molecular complexity index is 584. The third kappa shape index (κ3) is 5.02. The number of carbonyl (C=O) groups is 1. The zero-order chi connectivity index (χ0) is 15.1. The molecule has 0 fully saturated rings. The third-order valence-electron chi connectivity index (χ3n) is 3.11. The summed E-state index contributed by atoms with van der Waals surface area (Å²) in [5, 5.41) is 15.7. The van der Waals surface area contributed by atoms with E-state index < -0.39 is 6.10 Å². The van der Waals surface area contributed by atoms with Crippen molar-refractivity contribution in [1.82, 2.24) is 5.32 Å². The molecule has 0 aromatic heterocycles. The van der Waals surface area contributed by atoms with Crippen LogP contribution in [0.2, 0.25) is 0 Å². The average Bonchev–Trinajstić information content (AvgIpc) is 2.48. The van der Waals surface area contributed by atoms with Gasteiger partial charge in [-0.25, -0.2) is 0 Å². The van der Waals surface area contributed by atoms with Gasteiger partial charge in [0.25, 0.3) is 0 Å². The van der Waals surface area contributed by atoms with Crippen LogP contribution in [0.4, 0.5) is 5.69 Å². The first-order valence-corrected chi connectivity index (χ1v) is 6.95. The van der Waals surface area contributed by atoms with Crippen LogP contribution in [0.15, 0.2) is 54.6 Å². The number of aliphatic hydroxyl groups excluding tert-OH is 1. The molecule has 4 nitrogen and oxygen atoms in total. The molecule has 2 aromatic rings. The van der Waals surface area contributed by atoms with Crippen molar-refractivity contribution < 1.29 is 9.90 Å². The zero-order valence-electron chi connectivity index (χ0n) is 12.0. The molecule has 0 heterocycles. The minimum absolute atomic E-state index is 0.124. The normalized spacial score (nSPS) is 11.9. The summed E-state index contributed by atoms with van der Waals surface area (Å²) in [7, 11) is 0. The van der Waals surface area contributed by atoms with E-state index in [-0.39, 0.29) is 12.5 Å². The lowest BCUT2D eigenvalue weighted by Gasteiger charge is -2.12. The molecule has 2 rings (SSSR count). The summed E-state index contributed by atoms with van der Waals surface area (Å²) in [6.45, 7) is 2.48. The molecule has 0 saturated carbocycles. The SMILES string of the molecule is Cc1cccc(NC(=O)CNCC(O)c2ccccc2)c1. The number of hydrogen-bond donors (Lipinski definition) is 3. The van der Waals surface area contributed by atoms with E-state index in [2.05, 4.69) is 10.6 Å². The fourth-order valence-electron chi connectivity index (χ4n) is 2.04. The van der Waals surface area contributed by atoms with Gasteiger partial charge in [0.15, 0.2) is 0 Å². The number of carbonyl (C=O) groups excluding carboxylic acids is 1. The molecule has 0 spiro atoms. The number of anilines is 1. The fraction of sp³-hybridized carbons (Fsp3) is 0.235. The standard InChI is InChI=1S/C17H20N2O2/c1-13-6-5-9-15(10-13)19-17(21)12-18-11-16(20)14-7-3-2-4-8-14/h2-10,16,18,20H,11-12H2,1H3,(H,19,21). The van der Waals surface area contributed by atoms with Crippen molar-refractivity contribution >= 4 is 11.6 Å². The lowest BCUT2D eigenvalue weighted by Crippen LogP contribution is -2.31. The van der Waals surface area contributed by atoms with Gasteiger partial charge in [0.2, 0.25) is 5.91 Å². The van der Waals surface area contributed by atoms with Gasteiger partial charge in [-0.2, -0.15) is 0 Å². The van der Waals surface area contributed by atoms with E-state index in [1.807, 2.05) is 61.5 Å². The highest BCUT2D eigenvalue weighted by atomic mass is 16.3. The van der Waals surface area contributed by atoms with Gasteiger partial charge in [0, 0.05) is 12.2 Å². The van der Waals surface area contributed by atoms with E-state index in [4.69, 9.17) is 0 Å². The summed E-state index contributed by atoms with van der Waals surface area (Å²) in [5.41, 5.74) is 2.72. The summed E-state index contributed by atoms with van der Waals surface area (Å²) >= 11 is 0. The van der Waals surface area contributed by atoms with Crippen LogP contribution in [0.3, 0.4) is 0 Å². The van der Waals surface area contributed by atoms with Crippen molar-refractivity contribution in [2.24, 2.45) is 0 Å². The van der Waals surface area contributed by atoms with Gasteiger partial charge in [0.1, 0.15) is 0 Å². The van der Waals surface area contributed by atoms with Crippen molar-refractivity contribution in [3.8, 4) is 0 Å². The Balaban J connectivity index is 1.74. The Labute approximate surface area is 124 Å². The van der Waals surface area contributed by atoms with Crippen LogP contribution in [0, 0.1) is 6.92 Å². The molecule has 110 valence electrons. The Hall–Kier alpha value is -2.17. The van der Waals surface area contributed by atoms with Crippen molar-refractivity contribution in [3.05, 3.63) is 65.7 Å². The predicted octanol–water partition coefficient (Wildman–Crippen LogP) is 2.26. The predicted molar refractivity (Wildman–Crippen MR) is 84.1 cm³/mol. The average molecular weight is 284 g/mol. The second-order valence-electron chi connectivity index (χ2n) is 4.98. The first-order valence-electron chi connectivity index (χ1n) is 6.95. The van der Waals surface area contributed by atoms with Gasteiger partial charge in [-0.3, -0.25) is 4.79 Å². The molecule has 21 heavy (non-hydrogen) atoms. The molecule has 0 radical (unpaired) electrons. The van der Waals surface area contributed by atoms with E-state index in [0.29, 0.717) is 6.54 Å². The lowest BCUT2D eigenvalue weighted by molar-refractivity contribution is -0.115. The molecular weight excluding hydrogens is 264 g/mol. The van der Waals surface area contributed by atoms with Gasteiger partial charge in [-0.15, -0.1) is 0 Å². The van der Waals surface area contributed by atoms with Gasteiger partial charge in [-0.1, -0.05) is 42.5 Å². The molecule has 1 amide bonds. The van der Waals surface area contributed by atoms with E-state index in [0.717, 1.165) is 16.8 Å². The molecule has 1 unspecified atom stereocenters. The van der Waals surface area contributed by atoms with E-state index in [1.165, 1.54) is 0 Å². The van der Waals surface area contributed by atoms with E-state index in [1.54, 1.807) is 0 Å². The lowest BCUT2D eigenvalue weighted by atomic mass is 10.1. The first kappa shape index (κ1) is 15.2. The van der Waals surface area contributed by atoms with Crippen LogP contribution in [-0.2, 0) is 4.79 Å². The maximum atomic E-state index is 11.8. The molecule has 3 N–H and O–H groups in total. The van der Waals surface area contributed by atoms with E-state index >= 15 is 0 Å². The topological polar surface area (TPSA) is 61.4 Å². The van der Waals surface area contributed by atoms with Gasteiger partial charge in [0.05, 0.1) is 12.6 Å². The first-order chi connectivity index (χ1) is 10.1. The van der Waals surface area contributed by atoms with Crippen LogP contribution in [0.25, 0.3) is 0 Å². The number of aryl methyl sites for hydroxylation is 1. The fourth-order valence-corrected chi connectivity index (χ4v) is 2.04. The number of aliphatic hydroxyl groups is 1. The molecule has 0 saturated heterocycles. The summed E-state index contributed by atoms with van der Waals surface area (Å²) in [5.74, 6) is -0.124. The molecule has 0 aliphatic rings. The molecule has 1 atom stereocenters. The zero-order valence-corrected chi connectivity index (χ0v) is 12.0. The van der Waals surface area contributed by atoms with Gasteiger partial charge < -0.3 is 15.7 Å². The van der Waals surface area contributed by atoms with Crippen molar-refractivity contribution in [2.45, 2.75) is 13.0 Å². The Morgan fingerprint density at radius 3 is 2.62 bits per heavy atom. The number of amides is 1. The molecule has 2 aromatic carbocycles. The summed E-state index contributed by atoms with van der Waals surface area (Å²) < 4.78 is 0. The summed E-state index contributed by atoms with van der Waals surface area (Å²) in [6.07, 6.45) is -0.613. The third-order valence-corrected chi connectivity index (χ3v) is 3.11. The molecule has 0 bridgehead atoms. The number of rotatable bonds is 6. The second kappa shape index (κ2) is 7.57. The number of benzene rings is 2. The highest BCUT2D eigenvalue weighted by Crippen LogP contribution is 2.11. The van der Waals surface area contributed by atoms with Crippen LogP contribution >= 0.6 is 0 Å². The van der Waals surface area contributed by atoms with E-state index in [9.17, 15) is 9.90 Å². The quantitative estimate of drug-likeness (QED) is 0.762. The highest BCUT2D eigenvalue weighted by Gasteiger charge is 2.07. The van der Waals surface area contributed by atoms with Crippen LogP contribution < -0.4 is 10.6 Å². The largest absolute Gasteiger partial charge is 0.387 e. The second-order valence-corrected chi connectivity index (χ2v) is 4.98. The Kier molecular flexibility index (Phi) is 5.49. The number of hydrogen-bond acceptors (Lipinski definition) is 3. The van der Waals surface area contributed by atoms with Crippen molar-refractivity contribution in [3.63, 3.8) is 0 Å². The maximum absolute atomic E-state index is 11.8. The van der Waals surface area contributed by atoms with Crippen molar-refractivity contribution in [2.75, 3.05) is 18.4 Å². The van der Waals surface area contributed by atoms with Crippen molar-refractivity contribution in [1.29, 1.82) is 0 Å². The molecule has 0 aliphatic heterocycles. The molecule has 4 heteroatoms. The highest BCUT2D eigenvalue weighted by molar-refractivity contribution is 5.92. The molecule has 0 aliphatic carbocycles. The Morgan fingerprint density at radius 1 is 1.14 bits per heavy atom. The monoisotopic (exact) mass is 284 g/mol. The van der Waals surface area contributed by atoms with Crippen LogP contribution in [0.1, 0.15) is 17.2 Å². The minimum atomic E-state index is -0.613. The number of nitrogens with one attached hydrogen (secondary N) is 2. The molecular formula is C17H20N2O2. The maximum Gasteiger partial charge on any atom is 0.238 e.